The van der Waals surface area contributed by atoms with Gasteiger partial charge in [0.2, 0.25) is 0 Å². The van der Waals surface area contributed by atoms with Gasteiger partial charge >= 0.3 is 5.97 Å². The average molecular weight is 270 g/mol. The van der Waals surface area contributed by atoms with Gasteiger partial charge in [0.05, 0.1) is 0 Å². The van der Waals surface area contributed by atoms with Crippen LogP contribution in [-0.4, -0.2) is 20.6 Å². The molecular weight excluding hydrogens is 244 g/mol. The molecule has 0 saturated heterocycles. The van der Waals surface area contributed by atoms with Gasteiger partial charge in [0, 0.05) is 6.08 Å². The molecule has 0 atom stereocenters. The highest BCUT2D eigenvalue weighted by Gasteiger charge is 2.47. The van der Waals surface area contributed by atoms with Gasteiger partial charge in [-0.05, 0) is 29.1 Å². The van der Waals surface area contributed by atoms with E-state index in [1.54, 1.807) is 6.92 Å². The summed E-state index contributed by atoms with van der Waals surface area (Å²) in [5, 5.41) is 0. The summed E-state index contributed by atoms with van der Waals surface area (Å²) < 4.78 is 5.86. The number of carbonyl (C=O) groups is 2. The predicted octanol–water partition coefficient (Wildman–Crippen LogP) is 3.85. The third kappa shape index (κ3) is 3.80. The smallest absolute Gasteiger partial charge is 0.317 e. The zero-order valence-corrected chi connectivity index (χ0v) is 13.6. The molecule has 0 aliphatic heterocycles. The molecule has 0 saturated carbocycles. The van der Waals surface area contributed by atoms with Crippen molar-refractivity contribution < 1.29 is 14.0 Å². The van der Waals surface area contributed by atoms with Gasteiger partial charge in [0.25, 0.3) is 8.32 Å². The van der Waals surface area contributed by atoms with Gasteiger partial charge in [0.15, 0.2) is 0 Å². The van der Waals surface area contributed by atoms with Crippen molar-refractivity contribution in [3.05, 3.63) is 11.6 Å². The maximum absolute atomic E-state index is 11.9. The highest BCUT2D eigenvalue weighted by molar-refractivity contribution is 6.79. The topological polar surface area (TPSA) is 43.4 Å². The molecule has 0 bridgehead atoms. The predicted molar refractivity (Wildman–Crippen MR) is 77.0 cm³/mol. The van der Waals surface area contributed by atoms with Crippen molar-refractivity contribution in [3.8, 4) is 0 Å². The summed E-state index contributed by atoms with van der Waals surface area (Å²) in [7, 11) is -2.18. The van der Waals surface area contributed by atoms with Crippen LogP contribution in [0, 0.1) is 0 Å². The van der Waals surface area contributed by atoms with Crippen LogP contribution >= 0.6 is 0 Å². The Morgan fingerprint density at radius 2 is 1.39 bits per heavy atom. The fraction of sp³-hybridized carbons (Fsp3) is 0.714. The third-order valence-corrected chi connectivity index (χ3v) is 9.48. The minimum Gasteiger partial charge on any atom is -0.515 e. The van der Waals surface area contributed by atoms with E-state index >= 15 is 0 Å². The summed E-state index contributed by atoms with van der Waals surface area (Å²) in [6.45, 7) is 14.3. The molecule has 0 aromatic carbocycles. The normalized spacial score (nSPS) is 13.3. The molecule has 4 heteroatoms. The molecule has 0 unspecified atom stereocenters. The molecule has 0 spiro atoms. The van der Waals surface area contributed by atoms with Crippen molar-refractivity contribution in [2.45, 2.75) is 65.1 Å². The number of hydrogen-bond donors (Lipinski definition) is 0. The van der Waals surface area contributed by atoms with Gasteiger partial charge in [-0.1, -0.05) is 41.5 Å². The minimum absolute atomic E-state index is 0.353. The maximum Gasteiger partial charge on any atom is 0.317 e. The van der Waals surface area contributed by atoms with Crippen molar-refractivity contribution in [1.82, 2.24) is 0 Å². The fourth-order valence-electron chi connectivity index (χ4n) is 2.78. The highest BCUT2D eigenvalue weighted by atomic mass is 28.4. The van der Waals surface area contributed by atoms with E-state index in [1.807, 2.05) is 0 Å². The second-order valence-corrected chi connectivity index (χ2v) is 11.1. The van der Waals surface area contributed by atoms with Crippen LogP contribution in [0.1, 0.15) is 48.5 Å². The van der Waals surface area contributed by atoms with E-state index in [0.29, 0.717) is 28.5 Å². The number of carbonyl (C=O) groups excluding carboxylic acids is 2. The average Bonchev–Trinajstić information content (AvgIpc) is 2.23. The monoisotopic (exact) mass is 270 g/mol. The van der Waals surface area contributed by atoms with Crippen LogP contribution in [0.4, 0.5) is 0 Å². The molecule has 0 N–H and O–H groups in total. The molecule has 104 valence electrons. The molecule has 0 aromatic rings. The first-order valence-corrected chi connectivity index (χ1v) is 8.68. The van der Waals surface area contributed by atoms with Gasteiger partial charge in [-0.15, -0.1) is 0 Å². The summed E-state index contributed by atoms with van der Waals surface area (Å²) in [5.41, 5.74) is 1.46. The van der Waals surface area contributed by atoms with Crippen molar-refractivity contribution >= 4 is 20.6 Å². The Morgan fingerprint density at radius 3 is 1.67 bits per heavy atom. The van der Waals surface area contributed by atoms with Crippen LogP contribution in [0.5, 0.6) is 0 Å². The molecule has 0 aromatic heterocycles. The molecule has 0 rings (SSSR count). The van der Waals surface area contributed by atoms with Gasteiger partial charge in [-0.25, -0.2) is 4.79 Å². The summed E-state index contributed by atoms with van der Waals surface area (Å²) in [5.74, 6) is -0.373. The second-order valence-electron chi connectivity index (χ2n) is 5.74. The first-order chi connectivity index (χ1) is 8.18. The zero-order chi connectivity index (χ0) is 14.5. The number of allylic oxidation sites excluding steroid dienone is 1. The Labute approximate surface area is 112 Å². The van der Waals surface area contributed by atoms with Crippen molar-refractivity contribution in [1.29, 1.82) is 0 Å². The van der Waals surface area contributed by atoms with Crippen LogP contribution in [-0.2, 0) is 14.0 Å². The Balaban J connectivity index is 5.25. The van der Waals surface area contributed by atoms with E-state index in [4.69, 9.17) is 4.43 Å². The molecule has 0 heterocycles. The number of hydrogen-bond acceptors (Lipinski definition) is 3. The molecule has 0 aliphatic rings. The summed E-state index contributed by atoms with van der Waals surface area (Å²) >= 11 is 0. The lowest BCUT2D eigenvalue weighted by molar-refractivity contribution is -0.130. The molecule has 3 nitrogen and oxygen atoms in total. The van der Waals surface area contributed by atoms with Crippen molar-refractivity contribution in [2.75, 3.05) is 0 Å². The van der Waals surface area contributed by atoms with Crippen molar-refractivity contribution in [3.63, 3.8) is 0 Å². The van der Waals surface area contributed by atoms with Crippen molar-refractivity contribution in [2.24, 2.45) is 0 Å². The Hall–Kier alpha value is -0.903. The number of aldehydes is 1. The van der Waals surface area contributed by atoms with E-state index in [0.717, 1.165) is 0 Å². The largest absolute Gasteiger partial charge is 0.515 e. The van der Waals surface area contributed by atoms with Crippen LogP contribution in [0.25, 0.3) is 0 Å². The quantitative estimate of drug-likeness (QED) is 0.418. The summed E-state index contributed by atoms with van der Waals surface area (Å²) in [6.07, 6.45) is 1.96. The fourth-order valence-corrected chi connectivity index (χ4v) is 7.89. The summed E-state index contributed by atoms with van der Waals surface area (Å²) in [6, 6.07) is 0. The lowest BCUT2D eigenvalue weighted by atomic mass is 10.3. The van der Waals surface area contributed by atoms with E-state index in [9.17, 15) is 9.59 Å². The second kappa shape index (κ2) is 6.88. The van der Waals surface area contributed by atoms with Gasteiger partial charge in [-0.2, -0.15) is 0 Å². The molecular formula is C14H26O3Si. The first kappa shape index (κ1) is 17.1. The zero-order valence-electron chi connectivity index (χ0n) is 12.6. The molecule has 0 fully saturated rings. The first-order valence-electron chi connectivity index (χ1n) is 6.54. The molecule has 0 amide bonds. The van der Waals surface area contributed by atoms with E-state index in [2.05, 4.69) is 41.5 Å². The van der Waals surface area contributed by atoms with Gasteiger partial charge < -0.3 is 4.43 Å². The molecule has 0 radical (unpaired) electrons. The molecule has 0 aliphatic carbocycles. The molecule has 18 heavy (non-hydrogen) atoms. The third-order valence-electron chi connectivity index (χ3n) is 3.52. The van der Waals surface area contributed by atoms with Crippen LogP contribution in [0.3, 0.4) is 0 Å². The maximum atomic E-state index is 11.9. The minimum atomic E-state index is -2.18. The van der Waals surface area contributed by atoms with E-state index < -0.39 is 8.32 Å². The van der Waals surface area contributed by atoms with Crippen LogP contribution in [0.15, 0.2) is 11.6 Å². The standard InChI is InChI=1S/C14H26O3Si/c1-10(2)18(11(3)4,12(5)6)17-14(16)8-13(7)9-15/h8-12H,1-7H3/b13-8-. The van der Waals surface area contributed by atoms with E-state index in [1.165, 1.54) is 6.08 Å². The lowest BCUT2D eigenvalue weighted by Gasteiger charge is -2.40. The number of rotatable bonds is 6. The lowest BCUT2D eigenvalue weighted by Crippen LogP contribution is -2.49. The van der Waals surface area contributed by atoms with Gasteiger partial charge in [0.1, 0.15) is 6.29 Å². The Bertz CT molecular complexity index is 308. The van der Waals surface area contributed by atoms with E-state index in [-0.39, 0.29) is 5.97 Å². The van der Waals surface area contributed by atoms with Crippen LogP contribution < -0.4 is 0 Å². The summed E-state index contributed by atoms with van der Waals surface area (Å²) in [4.78, 5) is 22.5. The highest BCUT2D eigenvalue weighted by Crippen LogP contribution is 2.42. The van der Waals surface area contributed by atoms with Crippen LogP contribution in [0.2, 0.25) is 16.6 Å². The Kier molecular flexibility index (Phi) is 6.53. The Morgan fingerprint density at radius 1 is 1.00 bits per heavy atom. The van der Waals surface area contributed by atoms with Gasteiger partial charge in [-0.3, -0.25) is 4.79 Å². The SMILES string of the molecule is C/C(C=O)=C/C(=O)O[Si](C(C)C)(C(C)C)C(C)C.